The molecule has 0 bridgehead atoms. The lowest BCUT2D eigenvalue weighted by Gasteiger charge is -2.22. The van der Waals surface area contributed by atoms with Crippen LogP contribution in [-0.2, 0) is 14.6 Å². The SMILES string of the molecule is CCC(Br)CNC(=O)C(C)(C)S(C)(=O)=O. The number of sulfone groups is 1. The van der Waals surface area contributed by atoms with Gasteiger partial charge in [-0.15, -0.1) is 0 Å². The molecule has 1 N–H and O–H groups in total. The molecule has 6 heteroatoms. The molecular weight excluding hydrogens is 282 g/mol. The van der Waals surface area contributed by atoms with Crippen molar-refractivity contribution in [2.75, 3.05) is 12.8 Å². The third-order valence-corrected chi connectivity index (χ3v) is 5.41. The van der Waals surface area contributed by atoms with Crippen LogP contribution in [0.3, 0.4) is 0 Å². The van der Waals surface area contributed by atoms with Gasteiger partial charge < -0.3 is 5.32 Å². The maximum absolute atomic E-state index is 11.6. The first-order valence-corrected chi connectivity index (χ1v) is 7.55. The van der Waals surface area contributed by atoms with Crippen molar-refractivity contribution >= 4 is 31.7 Å². The van der Waals surface area contributed by atoms with Crippen molar-refractivity contribution in [3.05, 3.63) is 0 Å². The Morgan fingerprint density at radius 2 is 1.93 bits per heavy atom. The zero-order valence-electron chi connectivity index (χ0n) is 9.50. The first kappa shape index (κ1) is 14.9. The average molecular weight is 300 g/mol. The molecule has 0 aliphatic rings. The number of rotatable bonds is 5. The Balaban J connectivity index is 4.47. The van der Waals surface area contributed by atoms with E-state index in [0.717, 1.165) is 12.7 Å². The summed E-state index contributed by atoms with van der Waals surface area (Å²) in [5.74, 6) is -0.456. The molecule has 0 radical (unpaired) electrons. The molecule has 0 aliphatic carbocycles. The highest BCUT2D eigenvalue weighted by Gasteiger charge is 2.38. The van der Waals surface area contributed by atoms with Gasteiger partial charge in [-0.25, -0.2) is 8.42 Å². The van der Waals surface area contributed by atoms with Gasteiger partial charge in [0.15, 0.2) is 9.84 Å². The van der Waals surface area contributed by atoms with E-state index in [4.69, 9.17) is 0 Å². The molecule has 4 nitrogen and oxygen atoms in total. The zero-order chi connectivity index (χ0) is 12.3. The summed E-state index contributed by atoms with van der Waals surface area (Å²) in [4.78, 5) is 11.8. The quantitative estimate of drug-likeness (QED) is 0.773. The Kier molecular flexibility index (Phi) is 5.26. The summed E-state index contributed by atoms with van der Waals surface area (Å²) in [6, 6.07) is 0. The smallest absolute Gasteiger partial charge is 0.240 e. The molecule has 90 valence electrons. The number of hydrogen-bond acceptors (Lipinski definition) is 3. The molecule has 1 amide bonds. The molecule has 0 fully saturated rings. The van der Waals surface area contributed by atoms with E-state index in [1.54, 1.807) is 0 Å². The molecule has 0 aromatic carbocycles. The second-order valence-electron chi connectivity index (χ2n) is 4.00. The van der Waals surface area contributed by atoms with E-state index in [1.165, 1.54) is 13.8 Å². The van der Waals surface area contributed by atoms with E-state index in [-0.39, 0.29) is 4.83 Å². The highest BCUT2D eigenvalue weighted by atomic mass is 79.9. The van der Waals surface area contributed by atoms with E-state index >= 15 is 0 Å². The molecule has 15 heavy (non-hydrogen) atoms. The van der Waals surface area contributed by atoms with Gasteiger partial charge in [0.25, 0.3) is 0 Å². The van der Waals surface area contributed by atoms with Crippen molar-refractivity contribution in [3.8, 4) is 0 Å². The second kappa shape index (κ2) is 5.30. The number of nitrogens with one attached hydrogen (secondary N) is 1. The molecule has 0 aliphatic heterocycles. The lowest BCUT2D eigenvalue weighted by Crippen LogP contribution is -2.48. The van der Waals surface area contributed by atoms with Crippen LogP contribution >= 0.6 is 15.9 Å². The first-order valence-electron chi connectivity index (χ1n) is 4.75. The van der Waals surface area contributed by atoms with Crippen molar-refractivity contribution in [1.82, 2.24) is 5.32 Å². The van der Waals surface area contributed by atoms with Crippen LogP contribution in [0, 0.1) is 0 Å². The molecule has 0 spiro atoms. The van der Waals surface area contributed by atoms with Gasteiger partial charge in [-0.2, -0.15) is 0 Å². The highest BCUT2D eigenvalue weighted by Crippen LogP contribution is 2.15. The summed E-state index contributed by atoms with van der Waals surface area (Å²) in [6.07, 6.45) is 1.94. The maximum Gasteiger partial charge on any atom is 0.240 e. The molecule has 1 atom stereocenters. The Bertz CT molecular complexity index is 324. The van der Waals surface area contributed by atoms with Crippen LogP contribution in [0.1, 0.15) is 27.2 Å². The maximum atomic E-state index is 11.6. The van der Waals surface area contributed by atoms with Crippen LogP contribution in [0.25, 0.3) is 0 Å². The fraction of sp³-hybridized carbons (Fsp3) is 0.889. The average Bonchev–Trinajstić information content (AvgIpc) is 2.11. The second-order valence-corrected chi connectivity index (χ2v) is 7.86. The van der Waals surface area contributed by atoms with Crippen LogP contribution in [-0.4, -0.2) is 36.7 Å². The topological polar surface area (TPSA) is 63.2 Å². The number of alkyl halides is 1. The van der Waals surface area contributed by atoms with Crippen LogP contribution in [0.15, 0.2) is 0 Å². The van der Waals surface area contributed by atoms with Gasteiger partial charge in [-0.1, -0.05) is 22.9 Å². The summed E-state index contributed by atoms with van der Waals surface area (Å²) in [6.45, 7) is 5.24. The number of halogens is 1. The normalized spacial score (nSPS) is 14.7. The van der Waals surface area contributed by atoms with E-state index in [9.17, 15) is 13.2 Å². The monoisotopic (exact) mass is 299 g/mol. The van der Waals surface area contributed by atoms with Gasteiger partial charge in [-0.05, 0) is 20.3 Å². The molecule has 0 heterocycles. The number of amides is 1. The zero-order valence-corrected chi connectivity index (χ0v) is 11.9. The number of carbonyl (C=O) groups excluding carboxylic acids is 1. The summed E-state index contributed by atoms with van der Waals surface area (Å²) in [5.41, 5.74) is 0. The molecule has 0 aromatic heterocycles. The molecule has 0 saturated carbocycles. The summed E-state index contributed by atoms with van der Waals surface area (Å²) in [7, 11) is -3.38. The predicted octanol–water partition coefficient (Wildman–Crippen LogP) is 1.10. The fourth-order valence-electron chi connectivity index (χ4n) is 0.729. The molecule has 0 aromatic rings. The molecule has 1 unspecified atom stereocenters. The third kappa shape index (κ3) is 4.10. The third-order valence-electron chi connectivity index (χ3n) is 2.40. The standard InChI is InChI=1S/C9H18BrNO3S/c1-5-7(10)6-11-8(12)9(2,3)15(4,13)14/h7H,5-6H2,1-4H3,(H,11,12). The van der Waals surface area contributed by atoms with Crippen LogP contribution in [0.2, 0.25) is 0 Å². The lowest BCUT2D eigenvalue weighted by atomic mass is 10.2. The minimum atomic E-state index is -3.38. The number of carbonyl (C=O) groups is 1. The summed E-state index contributed by atoms with van der Waals surface area (Å²) >= 11 is 3.36. The van der Waals surface area contributed by atoms with Crippen molar-refractivity contribution in [2.24, 2.45) is 0 Å². The predicted molar refractivity (Wildman–Crippen MR) is 64.9 cm³/mol. The van der Waals surface area contributed by atoms with Gasteiger partial charge in [0.2, 0.25) is 5.91 Å². The molecular formula is C9H18BrNO3S. The van der Waals surface area contributed by atoms with Gasteiger partial charge in [-0.3, -0.25) is 4.79 Å². The van der Waals surface area contributed by atoms with Crippen molar-refractivity contribution < 1.29 is 13.2 Å². The highest BCUT2D eigenvalue weighted by molar-refractivity contribution is 9.09. The van der Waals surface area contributed by atoms with Gasteiger partial charge in [0.1, 0.15) is 4.75 Å². The van der Waals surface area contributed by atoms with Gasteiger partial charge in [0.05, 0.1) is 0 Å². The fourth-order valence-corrected chi connectivity index (χ4v) is 1.30. The van der Waals surface area contributed by atoms with E-state index < -0.39 is 20.5 Å². The Morgan fingerprint density at radius 1 is 1.47 bits per heavy atom. The molecule has 0 rings (SSSR count). The van der Waals surface area contributed by atoms with Crippen molar-refractivity contribution in [3.63, 3.8) is 0 Å². The summed E-state index contributed by atoms with van der Waals surface area (Å²) in [5, 5.41) is 2.62. The lowest BCUT2D eigenvalue weighted by molar-refractivity contribution is -0.122. The minimum absolute atomic E-state index is 0.178. The van der Waals surface area contributed by atoms with E-state index in [1.807, 2.05) is 6.92 Å². The van der Waals surface area contributed by atoms with Crippen LogP contribution < -0.4 is 5.32 Å². The van der Waals surface area contributed by atoms with Crippen LogP contribution in [0.5, 0.6) is 0 Å². The van der Waals surface area contributed by atoms with Crippen LogP contribution in [0.4, 0.5) is 0 Å². The number of hydrogen-bond donors (Lipinski definition) is 1. The van der Waals surface area contributed by atoms with Crippen molar-refractivity contribution in [2.45, 2.75) is 36.8 Å². The van der Waals surface area contributed by atoms with E-state index in [2.05, 4.69) is 21.2 Å². The Labute approximate surface area is 99.9 Å². The van der Waals surface area contributed by atoms with E-state index in [0.29, 0.717) is 6.54 Å². The summed E-state index contributed by atoms with van der Waals surface area (Å²) < 4.78 is 21.3. The van der Waals surface area contributed by atoms with Gasteiger partial charge in [0, 0.05) is 17.6 Å². The largest absolute Gasteiger partial charge is 0.354 e. The Morgan fingerprint density at radius 3 is 2.27 bits per heavy atom. The first-order chi connectivity index (χ1) is 6.63. The van der Waals surface area contributed by atoms with Crippen molar-refractivity contribution in [1.29, 1.82) is 0 Å². The molecule has 0 saturated heterocycles. The minimum Gasteiger partial charge on any atom is -0.354 e. The Hall–Kier alpha value is -0.100. The van der Waals surface area contributed by atoms with Gasteiger partial charge >= 0.3 is 0 Å².